The van der Waals surface area contributed by atoms with Crippen LogP contribution >= 0.6 is 0 Å². The Labute approximate surface area is 323 Å². The lowest BCUT2D eigenvalue weighted by Gasteiger charge is -2.43. The highest BCUT2D eigenvalue weighted by Crippen LogP contribution is 2.56. The van der Waals surface area contributed by atoms with Crippen molar-refractivity contribution in [3.05, 3.63) is 69.2 Å². The fraction of sp³-hybridized carbons (Fsp3) is 0.476. The van der Waals surface area contributed by atoms with Crippen LogP contribution in [0.1, 0.15) is 136 Å². The molecule has 4 atom stereocenters. The van der Waals surface area contributed by atoms with E-state index in [-0.39, 0.29) is 81.8 Å². The van der Waals surface area contributed by atoms with Gasteiger partial charge in [-0.2, -0.15) is 0 Å². The maximum atomic E-state index is 12.8. The molecule has 0 bridgehead atoms. The van der Waals surface area contributed by atoms with Crippen molar-refractivity contribution in [2.75, 3.05) is 0 Å². The molecule has 300 valence electrons. The lowest BCUT2D eigenvalue weighted by Crippen LogP contribution is -2.56. The molecule has 4 unspecified atom stereocenters. The lowest BCUT2D eigenvalue weighted by atomic mass is 9.68. The summed E-state index contributed by atoms with van der Waals surface area (Å²) in [5.41, 5.74) is -6.49. The number of ketones is 2. The fourth-order valence-electron chi connectivity index (χ4n) is 8.14. The number of ether oxygens (including phenoxy) is 2. The van der Waals surface area contributed by atoms with Gasteiger partial charge in [-0.15, -0.1) is 0 Å². The first kappa shape index (κ1) is 41.8. The summed E-state index contributed by atoms with van der Waals surface area (Å²) in [6, 6.07) is 0. The topological polar surface area (TPSA) is 228 Å². The summed E-state index contributed by atoms with van der Waals surface area (Å²) in [6.45, 7) is 10.4. The van der Waals surface area contributed by atoms with Gasteiger partial charge in [-0.1, -0.05) is 63.8 Å². The van der Waals surface area contributed by atoms with Crippen LogP contribution in [0, 0.1) is 0 Å². The second-order valence-corrected chi connectivity index (χ2v) is 14.8. The van der Waals surface area contributed by atoms with Crippen molar-refractivity contribution in [3.8, 4) is 11.9 Å². The molecule has 14 heteroatoms. The van der Waals surface area contributed by atoms with Crippen molar-refractivity contribution in [2.24, 2.45) is 0 Å². The fourth-order valence-corrected chi connectivity index (χ4v) is 8.14. The third-order valence-electron chi connectivity index (χ3n) is 11.2. The van der Waals surface area contributed by atoms with Crippen LogP contribution in [-0.2, 0) is 41.5 Å². The Bertz CT molecular complexity index is 1960. The van der Waals surface area contributed by atoms with Gasteiger partial charge < -0.3 is 38.7 Å². The van der Waals surface area contributed by atoms with E-state index in [9.17, 15) is 49.2 Å². The minimum absolute atomic E-state index is 0.0426. The molecule has 56 heavy (non-hydrogen) atoms. The number of aldehydes is 2. The van der Waals surface area contributed by atoms with Crippen LogP contribution < -0.4 is 0 Å². The molecule has 2 aromatic heterocycles. The van der Waals surface area contributed by atoms with E-state index in [0.29, 0.717) is 25.4 Å². The number of esters is 2. The van der Waals surface area contributed by atoms with E-state index in [4.69, 9.17) is 18.3 Å². The first-order valence-electron chi connectivity index (χ1n) is 18.8. The molecule has 4 heterocycles. The monoisotopic (exact) mass is 776 g/mol. The van der Waals surface area contributed by atoms with Gasteiger partial charge in [-0.3, -0.25) is 19.2 Å². The minimum atomic E-state index is -1.71. The van der Waals surface area contributed by atoms with Gasteiger partial charge in [0.05, 0.1) is 11.1 Å². The highest BCUT2D eigenvalue weighted by molar-refractivity contribution is 6.27. The molecular weight excluding hydrogens is 728 g/mol. The predicted molar refractivity (Wildman–Crippen MR) is 200 cm³/mol. The number of aromatic hydroxyl groups is 2. The number of hydrogen-bond donors (Lipinski definition) is 4. The first-order valence-corrected chi connectivity index (χ1v) is 18.8. The molecule has 6 rings (SSSR count). The molecule has 0 spiro atoms. The smallest absolute Gasteiger partial charge is 0.343 e. The summed E-state index contributed by atoms with van der Waals surface area (Å²) in [4.78, 5) is 73.9. The maximum absolute atomic E-state index is 12.8. The van der Waals surface area contributed by atoms with E-state index in [1.54, 1.807) is 26.0 Å². The zero-order chi connectivity index (χ0) is 41.4. The van der Waals surface area contributed by atoms with Crippen molar-refractivity contribution in [2.45, 2.75) is 128 Å². The summed E-state index contributed by atoms with van der Waals surface area (Å²) >= 11 is 0. The van der Waals surface area contributed by atoms with Crippen LogP contribution in [-0.4, -0.2) is 78.9 Å². The van der Waals surface area contributed by atoms with E-state index in [1.807, 2.05) is 13.8 Å². The summed E-state index contributed by atoms with van der Waals surface area (Å²) < 4.78 is 21.8. The zero-order valence-corrected chi connectivity index (χ0v) is 32.4. The second kappa shape index (κ2) is 15.7. The highest BCUT2D eigenvalue weighted by Gasteiger charge is 2.64. The van der Waals surface area contributed by atoms with Gasteiger partial charge in [-0.25, -0.2) is 9.59 Å². The number of Topliss-reactive ketones (excluding diaryl/α,β-unsaturated/α-hetero) is 2. The average molecular weight is 777 g/mol. The number of carbonyl (C=O) groups excluding carboxylic acids is 6. The molecule has 0 saturated heterocycles. The van der Waals surface area contributed by atoms with E-state index in [0.717, 1.165) is 25.7 Å². The van der Waals surface area contributed by atoms with Crippen molar-refractivity contribution < 1.29 is 67.5 Å². The first-order chi connectivity index (χ1) is 26.5. The quantitative estimate of drug-likeness (QED) is 0.0588. The maximum Gasteiger partial charge on any atom is 0.343 e. The Hall–Kier alpha value is -5.34. The molecule has 0 aromatic carbocycles. The highest BCUT2D eigenvalue weighted by atomic mass is 16.6. The normalized spacial score (nSPS) is 26.4. The summed E-state index contributed by atoms with van der Waals surface area (Å²) in [5.74, 6) is -3.63. The number of carbonyl (C=O) groups is 6. The van der Waals surface area contributed by atoms with Crippen LogP contribution in [0.5, 0.6) is 11.9 Å². The number of unbranched alkanes of at least 4 members (excludes halogenated alkanes) is 4. The molecule has 2 aromatic rings. The minimum Gasteiger partial charge on any atom is -0.480 e. The van der Waals surface area contributed by atoms with E-state index in [1.165, 1.54) is 26.0 Å². The predicted octanol–water partition coefficient (Wildman–Crippen LogP) is 5.76. The molecule has 4 aliphatic rings. The van der Waals surface area contributed by atoms with Crippen LogP contribution in [0.4, 0.5) is 0 Å². The van der Waals surface area contributed by atoms with Crippen molar-refractivity contribution >= 4 is 47.2 Å². The van der Waals surface area contributed by atoms with E-state index < -0.39 is 57.8 Å². The molecule has 2 aliphatic heterocycles. The Kier molecular flexibility index (Phi) is 11.7. The number of hydrogen-bond acceptors (Lipinski definition) is 14. The van der Waals surface area contributed by atoms with Gasteiger partial charge in [0.2, 0.25) is 0 Å². The largest absolute Gasteiger partial charge is 0.480 e. The molecule has 14 nitrogen and oxygen atoms in total. The summed E-state index contributed by atoms with van der Waals surface area (Å²) in [7, 11) is 0. The van der Waals surface area contributed by atoms with Crippen LogP contribution in [0.2, 0.25) is 0 Å². The summed E-state index contributed by atoms with van der Waals surface area (Å²) in [6.07, 6.45) is 11.8. The van der Waals surface area contributed by atoms with Crippen molar-refractivity contribution in [3.63, 3.8) is 0 Å². The van der Waals surface area contributed by atoms with Crippen LogP contribution in [0.25, 0.3) is 11.1 Å². The Morgan fingerprint density at radius 2 is 1.02 bits per heavy atom. The Morgan fingerprint density at radius 3 is 1.32 bits per heavy atom. The standard InChI is InChI=1S/2C21H24O7/c2*1-4-6-7-8-14(23)15-16-17-12(13(11-22)18(24)27-17)10-21(26,9-5-2)20(16,3)28-19(15)25/h2*5,9,11,24,26H,4,6-8,10H2,1-3H3/b2*9-5+. The van der Waals surface area contributed by atoms with Crippen molar-refractivity contribution in [1.29, 1.82) is 0 Å². The molecule has 0 saturated carbocycles. The molecule has 0 amide bonds. The Balaban J connectivity index is 0.000000214. The molecule has 4 N–H and O–H groups in total. The lowest BCUT2D eigenvalue weighted by molar-refractivity contribution is -0.162. The number of aliphatic hydroxyl groups is 2. The molecule has 2 aliphatic carbocycles. The number of fused-ring (bicyclic) bond motifs is 6. The third kappa shape index (κ3) is 6.47. The van der Waals surface area contributed by atoms with Gasteiger partial charge in [0, 0.05) is 36.8 Å². The molecule has 0 fully saturated rings. The van der Waals surface area contributed by atoms with Crippen LogP contribution in [0.15, 0.2) is 44.3 Å². The van der Waals surface area contributed by atoms with Gasteiger partial charge in [0.15, 0.2) is 35.3 Å². The average Bonchev–Trinajstić information content (AvgIpc) is 3.80. The number of rotatable bonds is 14. The molecular formula is C42H48O14. The van der Waals surface area contributed by atoms with E-state index >= 15 is 0 Å². The van der Waals surface area contributed by atoms with Gasteiger partial charge in [0.1, 0.15) is 45.0 Å². The third-order valence-corrected chi connectivity index (χ3v) is 11.2. The van der Waals surface area contributed by atoms with Crippen LogP contribution in [0.3, 0.4) is 0 Å². The molecule has 0 radical (unpaired) electrons. The number of furan rings is 2. The van der Waals surface area contributed by atoms with Gasteiger partial charge in [0.25, 0.3) is 11.9 Å². The Morgan fingerprint density at radius 1 is 0.661 bits per heavy atom. The van der Waals surface area contributed by atoms with Gasteiger partial charge >= 0.3 is 11.9 Å². The number of allylic oxidation sites excluding steroid dienone is 2. The van der Waals surface area contributed by atoms with Gasteiger partial charge in [-0.05, 0) is 40.5 Å². The second-order valence-electron chi connectivity index (χ2n) is 14.8. The zero-order valence-electron chi connectivity index (χ0n) is 32.4. The SMILES string of the molecule is C/C=C/C1(O)Cc2c(oc(O)c2C=O)C2=C(C(=O)CCCCC)C(=O)OC21C.C/C=C/C1(O)Cc2c(oc(O)c2C=O)C2=C(C(=O)CCCCC)C(=O)OC21C. The van der Waals surface area contributed by atoms with E-state index in [2.05, 4.69) is 0 Å². The van der Waals surface area contributed by atoms with Crippen molar-refractivity contribution in [1.82, 2.24) is 0 Å². The summed E-state index contributed by atoms with van der Waals surface area (Å²) in [5, 5.41) is 42.8.